The van der Waals surface area contributed by atoms with Gasteiger partial charge in [0.05, 0.1) is 12.7 Å². The van der Waals surface area contributed by atoms with E-state index in [1.54, 1.807) is 0 Å². The van der Waals surface area contributed by atoms with Gasteiger partial charge in [-0.15, -0.1) is 0 Å². The van der Waals surface area contributed by atoms with Crippen LogP contribution in [0.3, 0.4) is 0 Å². The minimum atomic E-state index is -0.158. The normalized spacial score (nSPS) is 26.6. The maximum absolute atomic E-state index is 10.2. The molecule has 0 saturated heterocycles. The van der Waals surface area contributed by atoms with E-state index in [0.717, 1.165) is 35.9 Å². The van der Waals surface area contributed by atoms with Crippen molar-refractivity contribution < 1.29 is 9.84 Å². The molecule has 0 radical (unpaired) electrons. The zero-order chi connectivity index (χ0) is 15.5. The Balaban J connectivity index is 1.83. The molecule has 0 heterocycles. The maximum Gasteiger partial charge on any atom is 0.120 e. The van der Waals surface area contributed by atoms with Crippen LogP contribution in [-0.4, -0.2) is 17.8 Å². The van der Waals surface area contributed by atoms with Crippen LogP contribution >= 0.6 is 15.9 Å². The number of hydrogen-bond donors (Lipinski definition) is 1. The number of aliphatic hydroxyl groups excluding tert-OH is 1. The first-order valence-corrected chi connectivity index (χ1v) is 8.72. The topological polar surface area (TPSA) is 29.5 Å². The lowest BCUT2D eigenvalue weighted by Crippen LogP contribution is -2.35. The molecule has 1 aromatic carbocycles. The largest absolute Gasteiger partial charge is 0.494 e. The number of aliphatic hydroxyl groups is 1. The lowest BCUT2D eigenvalue weighted by Gasteiger charge is -2.40. The van der Waals surface area contributed by atoms with Gasteiger partial charge in [0.25, 0.3) is 0 Å². The molecule has 2 nitrogen and oxygen atoms in total. The molecular weight excluding hydrogens is 328 g/mol. The van der Waals surface area contributed by atoms with Crippen LogP contribution < -0.4 is 4.74 Å². The fourth-order valence-corrected chi connectivity index (χ4v) is 3.61. The summed E-state index contributed by atoms with van der Waals surface area (Å²) >= 11 is 3.45. The summed E-state index contributed by atoms with van der Waals surface area (Å²) in [5.74, 6) is 1.97. The van der Waals surface area contributed by atoms with E-state index >= 15 is 0 Å². The van der Waals surface area contributed by atoms with Crippen molar-refractivity contribution >= 4 is 15.9 Å². The molecule has 3 heteroatoms. The Morgan fingerprint density at radius 3 is 2.71 bits per heavy atom. The number of ether oxygens (including phenoxy) is 1. The van der Waals surface area contributed by atoms with Gasteiger partial charge >= 0.3 is 0 Å². The Morgan fingerprint density at radius 2 is 2.05 bits per heavy atom. The van der Waals surface area contributed by atoms with Gasteiger partial charge in [-0.3, -0.25) is 0 Å². The summed E-state index contributed by atoms with van der Waals surface area (Å²) in [6, 6.07) is 7.92. The first-order valence-electron chi connectivity index (χ1n) is 7.92. The van der Waals surface area contributed by atoms with Crippen LogP contribution in [0.5, 0.6) is 5.75 Å². The van der Waals surface area contributed by atoms with Crippen LogP contribution in [0.1, 0.15) is 46.5 Å². The number of rotatable bonds is 4. The maximum atomic E-state index is 10.2. The van der Waals surface area contributed by atoms with Gasteiger partial charge in [-0.05, 0) is 61.1 Å². The van der Waals surface area contributed by atoms with Gasteiger partial charge < -0.3 is 9.84 Å². The molecule has 0 spiro atoms. The summed E-state index contributed by atoms with van der Waals surface area (Å²) in [6.07, 6.45) is 3.97. The minimum Gasteiger partial charge on any atom is -0.494 e. The second-order valence-corrected chi connectivity index (χ2v) is 8.21. The zero-order valence-electron chi connectivity index (χ0n) is 13.3. The average molecular weight is 355 g/mol. The van der Waals surface area contributed by atoms with Gasteiger partial charge in [-0.25, -0.2) is 0 Å². The van der Waals surface area contributed by atoms with Crippen molar-refractivity contribution in [1.82, 2.24) is 0 Å². The highest BCUT2D eigenvalue weighted by Crippen LogP contribution is 2.41. The molecule has 3 unspecified atom stereocenters. The molecule has 21 heavy (non-hydrogen) atoms. The molecule has 1 fully saturated rings. The van der Waals surface area contributed by atoms with E-state index in [9.17, 15) is 5.11 Å². The van der Waals surface area contributed by atoms with Crippen LogP contribution in [0.25, 0.3) is 0 Å². The Morgan fingerprint density at radius 1 is 1.29 bits per heavy atom. The fourth-order valence-electron chi connectivity index (χ4n) is 3.23. The van der Waals surface area contributed by atoms with Gasteiger partial charge in [0.15, 0.2) is 0 Å². The van der Waals surface area contributed by atoms with Crippen molar-refractivity contribution in [3.05, 3.63) is 28.7 Å². The van der Waals surface area contributed by atoms with Crippen LogP contribution in [0.2, 0.25) is 0 Å². The quantitative estimate of drug-likeness (QED) is 0.820. The van der Waals surface area contributed by atoms with Crippen LogP contribution in [0.15, 0.2) is 28.7 Å². The van der Waals surface area contributed by atoms with Crippen molar-refractivity contribution in [1.29, 1.82) is 0 Å². The molecule has 1 aromatic rings. The molecular formula is C18H27BrO2. The Labute approximate surface area is 137 Å². The smallest absolute Gasteiger partial charge is 0.120 e. The Kier molecular flexibility index (Phi) is 5.73. The summed E-state index contributed by atoms with van der Waals surface area (Å²) in [5, 5.41) is 10.2. The summed E-state index contributed by atoms with van der Waals surface area (Å²) in [4.78, 5) is 0. The second kappa shape index (κ2) is 7.15. The predicted octanol–water partition coefficient (Wildman–Crippen LogP) is 5.04. The predicted molar refractivity (Wildman–Crippen MR) is 90.5 cm³/mol. The molecule has 1 aliphatic rings. The molecule has 1 aliphatic carbocycles. The van der Waals surface area contributed by atoms with E-state index in [2.05, 4.69) is 36.7 Å². The third-order valence-corrected chi connectivity index (χ3v) is 5.21. The highest BCUT2D eigenvalue weighted by Gasteiger charge is 2.34. The first-order chi connectivity index (χ1) is 9.86. The van der Waals surface area contributed by atoms with Crippen LogP contribution in [0.4, 0.5) is 0 Å². The molecule has 2 rings (SSSR count). The monoisotopic (exact) mass is 354 g/mol. The summed E-state index contributed by atoms with van der Waals surface area (Å²) in [7, 11) is 0. The van der Waals surface area contributed by atoms with E-state index in [4.69, 9.17) is 4.74 Å². The number of hydrogen-bond acceptors (Lipinski definition) is 2. The molecule has 0 bridgehead atoms. The van der Waals surface area contributed by atoms with Gasteiger partial charge in [-0.1, -0.05) is 42.8 Å². The van der Waals surface area contributed by atoms with Crippen LogP contribution in [0, 0.1) is 17.3 Å². The van der Waals surface area contributed by atoms with Gasteiger partial charge in [-0.2, -0.15) is 0 Å². The standard InChI is InChI=1S/C18H27BrO2/c1-18(2,3)14-7-8-17(20)13(11-14)9-10-21-16-6-4-5-15(19)12-16/h4-6,12-14,17,20H,7-11H2,1-3H3. The average Bonchev–Trinajstić information content (AvgIpc) is 2.39. The van der Waals surface area contributed by atoms with Gasteiger partial charge in [0, 0.05) is 4.47 Å². The summed E-state index contributed by atoms with van der Waals surface area (Å²) in [5.41, 5.74) is 0.337. The zero-order valence-corrected chi connectivity index (χ0v) is 14.9. The highest BCUT2D eigenvalue weighted by molar-refractivity contribution is 9.10. The summed E-state index contributed by atoms with van der Waals surface area (Å²) in [6.45, 7) is 7.61. The Bertz CT molecular complexity index is 453. The van der Waals surface area contributed by atoms with Crippen molar-refractivity contribution in [2.24, 2.45) is 17.3 Å². The number of benzene rings is 1. The molecule has 1 N–H and O–H groups in total. The third kappa shape index (κ3) is 5.00. The van der Waals surface area contributed by atoms with E-state index in [0.29, 0.717) is 23.9 Å². The molecule has 0 aliphatic heterocycles. The van der Waals surface area contributed by atoms with E-state index < -0.39 is 0 Å². The lowest BCUT2D eigenvalue weighted by molar-refractivity contribution is 0.0105. The molecule has 3 atom stereocenters. The molecule has 1 saturated carbocycles. The van der Waals surface area contributed by atoms with Crippen LogP contribution in [-0.2, 0) is 0 Å². The third-order valence-electron chi connectivity index (χ3n) is 4.72. The first kappa shape index (κ1) is 16.8. The molecule has 118 valence electrons. The SMILES string of the molecule is CC(C)(C)C1CCC(O)C(CCOc2cccc(Br)c2)C1. The highest BCUT2D eigenvalue weighted by atomic mass is 79.9. The second-order valence-electron chi connectivity index (χ2n) is 7.30. The van der Waals surface area contributed by atoms with E-state index in [1.807, 2.05) is 24.3 Å². The van der Waals surface area contributed by atoms with Crippen molar-refractivity contribution in [2.75, 3.05) is 6.61 Å². The van der Waals surface area contributed by atoms with Crippen molar-refractivity contribution in [3.8, 4) is 5.75 Å². The molecule has 0 aromatic heterocycles. The number of halogens is 1. The fraction of sp³-hybridized carbons (Fsp3) is 0.667. The van der Waals surface area contributed by atoms with Crippen molar-refractivity contribution in [3.63, 3.8) is 0 Å². The minimum absolute atomic E-state index is 0.158. The van der Waals surface area contributed by atoms with Gasteiger partial charge in [0.2, 0.25) is 0 Å². The van der Waals surface area contributed by atoms with Crippen molar-refractivity contribution in [2.45, 2.75) is 52.6 Å². The Hall–Kier alpha value is -0.540. The summed E-state index contributed by atoms with van der Waals surface area (Å²) < 4.78 is 6.85. The lowest BCUT2D eigenvalue weighted by atomic mass is 9.67. The van der Waals surface area contributed by atoms with E-state index in [-0.39, 0.29) is 6.10 Å². The van der Waals surface area contributed by atoms with Gasteiger partial charge in [0.1, 0.15) is 5.75 Å². The van der Waals surface area contributed by atoms with E-state index in [1.165, 1.54) is 0 Å². The molecule has 0 amide bonds.